The predicted octanol–water partition coefficient (Wildman–Crippen LogP) is 2.57. The van der Waals surface area contributed by atoms with E-state index in [4.69, 9.17) is 4.52 Å². The summed E-state index contributed by atoms with van der Waals surface area (Å²) in [6.45, 7) is 2.80. The Labute approximate surface area is 174 Å². The van der Waals surface area contributed by atoms with Crippen molar-refractivity contribution in [2.24, 2.45) is 4.99 Å². The van der Waals surface area contributed by atoms with Crippen molar-refractivity contribution in [2.45, 2.75) is 25.3 Å². The number of guanidine groups is 1. The molecular formula is C20H25N7OS. The number of thiophene rings is 1. The highest BCUT2D eigenvalue weighted by molar-refractivity contribution is 7.14. The molecule has 152 valence electrons. The van der Waals surface area contributed by atoms with E-state index < -0.39 is 0 Å². The van der Waals surface area contributed by atoms with Crippen molar-refractivity contribution in [1.29, 1.82) is 0 Å². The molecule has 29 heavy (non-hydrogen) atoms. The molecule has 1 aliphatic rings. The predicted molar refractivity (Wildman–Crippen MR) is 115 cm³/mol. The standard InChI is InChI=1S/C20H25N7OS/c1-21-20(24-15-8-12-27(13-9-15)18-6-4-14-29-18)23-11-7-17-25-19(28-26-17)16-5-2-3-10-22-16/h2-6,10,14-15H,7-9,11-13H2,1H3,(H2,21,23,24). The van der Waals surface area contributed by atoms with Crippen LogP contribution >= 0.6 is 11.3 Å². The first-order chi connectivity index (χ1) is 14.3. The summed E-state index contributed by atoms with van der Waals surface area (Å²) in [7, 11) is 1.80. The molecule has 2 N–H and O–H groups in total. The monoisotopic (exact) mass is 411 g/mol. The van der Waals surface area contributed by atoms with Crippen molar-refractivity contribution in [1.82, 2.24) is 25.8 Å². The van der Waals surface area contributed by atoms with Crippen molar-refractivity contribution in [3.8, 4) is 11.6 Å². The van der Waals surface area contributed by atoms with Crippen molar-refractivity contribution in [3.05, 3.63) is 47.7 Å². The summed E-state index contributed by atoms with van der Waals surface area (Å²) < 4.78 is 5.30. The third-order valence-corrected chi connectivity index (χ3v) is 5.80. The van der Waals surface area contributed by atoms with Crippen LogP contribution in [-0.4, -0.2) is 53.8 Å². The van der Waals surface area contributed by atoms with Crippen LogP contribution in [0.4, 0.5) is 5.00 Å². The number of aliphatic imine (C=N–C) groups is 1. The van der Waals surface area contributed by atoms with Gasteiger partial charge in [0.05, 0.1) is 5.00 Å². The SMILES string of the molecule is CN=C(NCCc1noc(-c2ccccn2)n1)NC1CCN(c2cccs2)CC1. The Morgan fingerprint density at radius 2 is 2.17 bits per heavy atom. The van der Waals surface area contributed by atoms with Gasteiger partial charge in [0.1, 0.15) is 5.69 Å². The molecule has 0 amide bonds. The fraction of sp³-hybridized carbons (Fsp3) is 0.400. The molecule has 0 radical (unpaired) electrons. The molecule has 3 aromatic rings. The number of rotatable bonds is 6. The molecule has 0 spiro atoms. The van der Waals surface area contributed by atoms with Gasteiger partial charge in [0.15, 0.2) is 11.8 Å². The van der Waals surface area contributed by atoms with Gasteiger partial charge in [-0.1, -0.05) is 11.2 Å². The Bertz CT molecular complexity index is 902. The van der Waals surface area contributed by atoms with Crippen molar-refractivity contribution >= 4 is 22.3 Å². The first kappa shape index (κ1) is 19.4. The number of hydrogen-bond donors (Lipinski definition) is 2. The Balaban J connectivity index is 1.21. The zero-order chi connectivity index (χ0) is 19.9. The van der Waals surface area contributed by atoms with Crippen LogP contribution in [0.25, 0.3) is 11.6 Å². The molecule has 0 unspecified atom stereocenters. The number of pyridine rings is 1. The molecular weight excluding hydrogens is 386 g/mol. The third-order valence-electron chi connectivity index (χ3n) is 4.87. The number of piperidine rings is 1. The summed E-state index contributed by atoms with van der Waals surface area (Å²) >= 11 is 1.80. The van der Waals surface area contributed by atoms with E-state index in [9.17, 15) is 0 Å². The molecule has 9 heteroatoms. The van der Waals surface area contributed by atoms with Gasteiger partial charge in [-0.25, -0.2) is 0 Å². The number of hydrogen-bond acceptors (Lipinski definition) is 7. The Kier molecular flexibility index (Phi) is 6.35. The van der Waals surface area contributed by atoms with Crippen molar-refractivity contribution < 1.29 is 4.52 Å². The molecule has 4 heterocycles. The summed E-state index contributed by atoms with van der Waals surface area (Å²) in [6, 6.07) is 10.3. The lowest BCUT2D eigenvalue weighted by atomic mass is 10.1. The largest absolute Gasteiger partial charge is 0.363 e. The summed E-state index contributed by atoms with van der Waals surface area (Å²) in [4.78, 5) is 15.4. The maximum absolute atomic E-state index is 5.30. The normalized spacial score (nSPS) is 15.5. The molecule has 4 rings (SSSR count). The lowest BCUT2D eigenvalue weighted by Crippen LogP contribution is -2.49. The van der Waals surface area contributed by atoms with Gasteiger partial charge >= 0.3 is 0 Å². The topological polar surface area (TPSA) is 91.5 Å². The van der Waals surface area contributed by atoms with Crippen LogP contribution < -0.4 is 15.5 Å². The maximum atomic E-state index is 5.30. The van der Waals surface area contributed by atoms with Crippen LogP contribution in [0, 0.1) is 0 Å². The molecule has 0 saturated carbocycles. The Morgan fingerprint density at radius 1 is 1.28 bits per heavy atom. The van der Waals surface area contributed by atoms with E-state index in [1.807, 2.05) is 18.2 Å². The van der Waals surface area contributed by atoms with Crippen molar-refractivity contribution in [2.75, 3.05) is 31.6 Å². The molecule has 3 aromatic heterocycles. The highest BCUT2D eigenvalue weighted by atomic mass is 32.1. The minimum atomic E-state index is 0.429. The summed E-state index contributed by atoms with van der Waals surface area (Å²) in [5.41, 5.74) is 0.686. The van der Waals surface area contributed by atoms with Crippen LogP contribution in [0.5, 0.6) is 0 Å². The van der Waals surface area contributed by atoms with Gasteiger partial charge in [-0.15, -0.1) is 11.3 Å². The van der Waals surface area contributed by atoms with E-state index in [2.05, 4.69) is 53.2 Å². The minimum Gasteiger partial charge on any atom is -0.363 e. The number of anilines is 1. The van der Waals surface area contributed by atoms with E-state index in [0.717, 1.165) is 31.9 Å². The van der Waals surface area contributed by atoms with Gasteiger partial charge in [0.2, 0.25) is 0 Å². The Morgan fingerprint density at radius 3 is 2.90 bits per heavy atom. The smallest absolute Gasteiger partial charge is 0.276 e. The van der Waals surface area contributed by atoms with Crippen LogP contribution in [0.3, 0.4) is 0 Å². The van der Waals surface area contributed by atoms with Gasteiger partial charge < -0.3 is 20.1 Å². The summed E-state index contributed by atoms with van der Waals surface area (Å²) in [5, 5.41) is 14.4. The van der Waals surface area contributed by atoms with Gasteiger partial charge in [0, 0.05) is 45.3 Å². The lowest BCUT2D eigenvalue weighted by molar-refractivity contribution is 0.421. The summed E-state index contributed by atoms with van der Waals surface area (Å²) in [5.74, 6) is 1.91. The molecule has 0 aliphatic carbocycles. The van der Waals surface area contributed by atoms with Gasteiger partial charge in [-0.2, -0.15) is 4.98 Å². The van der Waals surface area contributed by atoms with Gasteiger partial charge in [0.25, 0.3) is 5.89 Å². The minimum absolute atomic E-state index is 0.429. The van der Waals surface area contributed by atoms with E-state index in [0.29, 0.717) is 36.4 Å². The second-order valence-electron chi connectivity index (χ2n) is 6.84. The highest BCUT2D eigenvalue weighted by Gasteiger charge is 2.20. The van der Waals surface area contributed by atoms with E-state index in [-0.39, 0.29) is 0 Å². The third kappa shape index (κ3) is 5.11. The van der Waals surface area contributed by atoms with Crippen LogP contribution in [-0.2, 0) is 6.42 Å². The molecule has 0 aromatic carbocycles. The van der Waals surface area contributed by atoms with E-state index in [1.54, 1.807) is 24.6 Å². The second kappa shape index (κ2) is 9.51. The van der Waals surface area contributed by atoms with Gasteiger partial charge in [-0.05, 0) is 42.5 Å². The molecule has 1 fully saturated rings. The van der Waals surface area contributed by atoms with Crippen LogP contribution in [0.1, 0.15) is 18.7 Å². The van der Waals surface area contributed by atoms with E-state index >= 15 is 0 Å². The summed E-state index contributed by atoms with van der Waals surface area (Å²) in [6.07, 6.45) is 4.54. The van der Waals surface area contributed by atoms with Gasteiger partial charge in [-0.3, -0.25) is 9.98 Å². The number of nitrogens with one attached hydrogen (secondary N) is 2. The lowest BCUT2D eigenvalue weighted by Gasteiger charge is -2.33. The van der Waals surface area contributed by atoms with Crippen LogP contribution in [0.15, 0.2) is 51.4 Å². The van der Waals surface area contributed by atoms with Crippen molar-refractivity contribution in [3.63, 3.8) is 0 Å². The zero-order valence-electron chi connectivity index (χ0n) is 16.4. The molecule has 8 nitrogen and oxygen atoms in total. The average molecular weight is 412 g/mol. The molecule has 1 aliphatic heterocycles. The number of nitrogens with zero attached hydrogens (tertiary/aromatic N) is 5. The van der Waals surface area contributed by atoms with E-state index in [1.165, 1.54) is 5.00 Å². The fourth-order valence-electron chi connectivity index (χ4n) is 3.32. The maximum Gasteiger partial charge on any atom is 0.276 e. The molecule has 1 saturated heterocycles. The number of aromatic nitrogens is 3. The first-order valence-corrected chi connectivity index (χ1v) is 10.7. The highest BCUT2D eigenvalue weighted by Crippen LogP contribution is 2.24. The zero-order valence-corrected chi connectivity index (χ0v) is 17.2. The molecule has 0 bridgehead atoms. The average Bonchev–Trinajstić information content (AvgIpc) is 3.47. The fourth-order valence-corrected chi connectivity index (χ4v) is 4.11. The quantitative estimate of drug-likeness (QED) is 0.476. The molecule has 0 atom stereocenters. The van der Waals surface area contributed by atoms with Crippen LogP contribution in [0.2, 0.25) is 0 Å². The second-order valence-corrected chi connectivity index (χ2v) is 7.76. The first-order valence-electron chi connectivity index (χ1n) is 9.81. The Hall–Kier alpha value is -2.94.